The van der Waals surface area contributed by atoms with Gasteiger partial charge in [-0.2, -0.15) is 0 Å². The number of rotatable bonds is 5. The Morgan fingerprint density at radius 2 is 2.06 bits per heavy atom. The molecule has 0 amide bonds. The second kappa shape index (κ2) is 5.82. The van der Waals surface area contributed by atoms with Crippen LogP contribution < -0.4 is 15.2 Å². The maximum atomic E-state index is 7.13. The van der Waals surface area contributed by atoms with Gasteiger partial charge in [-0.05, 0) is 30.4 Å². The predicted molar refractivity (Wildman–Crippen MR) is 69.3 cm³/mol. The van der Waals surface area contributed by atoms with Gasteiger partial charge in [0.15, 0.2) is 11.5 Å². The van der Waals surface area contributed by atoms with Crippen LogP contribution in [-0.2, 0) is 0 Å². The average molecular weight is 252 g/mol. The van der Waals surface area contributed by atoms with E-state index < -0.39 is 0 Å². The summed E-state index contributed by atoms with van der Waals surface area (Å²) in [5.74, 6) is 2.86. The van der Waals surface area contributed by atoms with Crippen molar-refractivity contribution < 1.29 is 9.47 Å². The molecule has 1 aromatic carbocycles. The third kappa shape index (κ3) is 3.56. The lowest BCUT2D eigenvalue weighted by Crippen LogP contribution is -2.15. The summed E-state index contributed by atoms with van der Waals surface area (Å²) in [5, 5.41) is 7.13. The van der Waals surface area contributed by atoms with Crippen molar-refractivity contribution in [2.45, 2.75) is 17.7 Å². The van der Waals surface area contributed by atoms with Crippen LogP contribution >= 0.6 is 11.8 Å². The van der Waals surface area contributed by atoms with Crippen molar-refractivity contribution in [2.75, 3.05) is 19.0 Å². The smallest absolute Gasteiger partial charge is 0.162 e. The van der Waals surface area contributed by atoms with Gasteiger partial charge in [-0.1, -0.05) is 0 Å². The molecule has 0 saturated carbocycles. The minimum absolute atomic E-state index is 0.257. The number of benzene rings is 1. The van der Waals surface area contributed by atoms with Crippen LogP contribution in [0.5, 0.6) is 11.5 Å². The highest BCUT2D eigenvalue weighted by Gasteiger charge is 2.11. The summed E-state index contributed by atoms with van der Waals surface area (Å²) in [6.45, 7) is 1.24. The van der Waals surface area contributed by atoms with Crippen LogP contribution in [0.25, 0.3) is 0 Å². The van der Waals surface area contributed by atoms with Crippen LogP contribution in [0.2, 0.25) is 0 Å². The van der Waals surface area contributed by atoms with Crippen molar-refractivity contribution in [3.05, 3.63) is 18.2 Å². The van der Waals surface area contributed by atoms with Gasteiger partial charge in [-0.15, -0.1) is 11.8 Å². The molecule has 0 unspecified atom stereocenters. The van der Waals surface area contributed by atoms with E-state index in [1.54, 1.807) is 11.8 Å². The molecule has 0 radical (unpaired) electrons. The van der Waals surface area contributed by atoms with Gasteiger partial charge in [0.2, 0.25) is 0 Å². The van der Waals surface area contributed by atoms with E-state index >= 15 is 0 Å². The van der Waals surface area contributed by atoms with Crippen LogP contribution in [0, 0.1) is 5.41 Å². The molecule has 0 atom stereocenters. The lowest BCUT2D eigenvalue weighted by Gasteiger charge is -2.18. The molecule has 92 valence electrons. The number of fused-ring (bicyclic) bond motifs is 1. The third-order valence-electron chi connectivity index (χ3n) is 2.37. The van der Waals surface area contributed by atoms with Gasteiger partial charge in [0.05, 0.1) is 5.84 Å². The molecule has 0 aliphatic carbocycles. The molecule has 1 heterocycles. The van der Waals surface area contributed by atoms with E-state index in [1.165, 1.54) is 0 Å². The fourth-order valence-corrected chi connectivity index (χ4v) is 2.45. The molecule has 0 fully saturated rings. The topological polar surface area (TPSA) is 68.3 Å². The van der Waals surface area contributed by atoms with E-state index in [1.807, 2.05) is 18.2 Å². The largest absolute Gasteiger partial charge is 0.486 e. The van der Waals surface area contributed by atoms with Gasteiger partial charge < -0.3 is 15.2 Å². The van der Waals surface area contributed by atoms with Crippen LogP contribution in [0.15, 0.2) is 23.1 Å². The van der Waals surface area contributed by atoms with Crippen molar-refractivity contribution >= 4 is 17.6 Å². The third-order valence-corrected chi connectivity index (χ3v) is 3.45. The molecule has 1 aliphatic rings. The number of nitrogens with one attached hydrogen (secondary N) is 1. The first kappa shape index (κ1) is 12.1. The van der Waals surface area contributed by atoms with Crippen molar-refractivity contribution in [3.8, 4) is 11.5 Å². The lowest BCUT2D eigenvalue weighted by atomic mass is 10.3. The summed E-state index contributed by atoms with van der Waals surface area (Å²) in [7, 11) is 0. The van der Waals surface area contributed by atoms with Crippen LogP contribution in [0.1, 0.15) is 12.8 Å². The second-order valence-electron chi connectivity index (χ2n) is 3.78. The number of hydrogen-bond donors (Lipinski definition) is 2. The number of nitrogens with two attached hydrogens (primary N) is 1. The SMILES string of the molecule is N=C(N)CCCSc1ccc2c(c1)OCCO2. The Morgan fingerprint density at radius 3 is 2.82 bits per heavy atom. The molecule has 17 heavy (non-hydrogen) atoms. The lowest BCUT2D eigenvalue weighted by molar-refractivity contribution is 0.171. The van der Waals surface area contributed by atoms with Gasteiger partial charge >= 0.3 is 0 Å². The maximum Gasteiger partial charge on any atom is 0.162 e. The fourth-order valence-electron chi connectivity index (χ4n) is 1.57. The molecule has 0 bridgehead atoms. The fraction of sp³-hybridized carbons (Fsp3) is 0.417. The predicted octanol–water partition coefficient (Wildman–Crippen LogP) is 2.27. The van der Waals surface area contributed by atoms with Crippen LogP contribution in [-0.4, -0.2) is 24.8 Å². The summed E-state index contributed by atoms with van der Waals surface area (Å²) in [4.78, 5) is 1.16. The summed E-state index contributed by atoms with van der Waals surface area (Å²) in [6, 6.07) is 5.99. The van der Waals surface area contributed by atoms with Gasteiger partial charge in [-0.3, -0.25) is 5.41 Å². The molecule has 3 N–H and O–H groups in total. The minimum atomic E-state index is 0.257. The molecular formula is C12H16N2O2S. The molecule has 0 spiro atoms. The van der Waals surface area contributed by atoms with E-state index in [4.69, 9.17) is 20.6 Å². The van der Waals surface area contributed by atoms with Crippen molar-refractivity contribution in [2.24, 2.45) is 5.73 Å². The highest BCUT2D eigenvalue weighted by Crippen LogP contribution is 2.34. The van der Waals surface area contributed by atoms with Crippen molar-refractivity contribution in [1.82, 2.24) is 0 Å². The Labute approximate surface area is 105 Å². The van der Waals surface area contributed by atoms with Crippen molar-refractivity contribution in [1.29, 1.82) is 5.41 Å². The van der Waals surface area contributed by atoms with Gasteiger partial charge in [0.1, 0.15) is 13.2 Å². The van der Waals surface area contributed by atoms with Crippen LogP contribution in [0.3, 0.4) is 0 Å². The highest BCUT2D eigenvalue weighted by atomic mass is 32.2. The summed E-state index contributed by atoms with van der Waals surface area (Å²) in [5.41, 5.74) is 5.30. The quantitative estimate of drug-likeness (QED) is 0.365. The Balaban J connectivity index is 1.86. The Morgan fingerprint density at radius 1 is 1.29 bits per heavy atom. The minimum Gasteiger partial charge on any atom is -0.486 e. The first-order chi connectivity index (χ1) is 8.25. The van der Waals surface area contributed by atoms with E-state index in [0.717, 1.165) is 28.6 Å². The van der Waals surface area contributed by atoms with E-state index in [0.29, 0.717) is 19.6 Å². The number of thioether (sulfide) groups is 1. The average Bonchev–Trinajstić information content (AvgIpc) is 2.34. The second-order valence-corrected chi connectivity index (χ2v) is 4.95. The standard InChI is InChI=1S/C12H16N2O2S/c13-12(14)2-1-7-17-9-3-4-10-11(8-9)16-6-5-15-10/h3-4,8H,1-2,5-7H2,(H3,13,14). The van der Waals surface area contributed by atoms with E-state index in [2.05, 4.69) is 0 Å². The number of ether oxygens (including phenoxy) is 2. The summed E-state index contributed by atoms with van der Waals surface area (Å²) in [6.07, 6.45) is 1.59. The van der Waals surface area contributed by atoms with Crippen molar-refractivity contribution in [3.63, 3.8) is 0 Å². The zero-order chi connectivity index (χ0) is 12.1. The normalized spacial score (nSPS) is 13.4. The summed E-state index contributed by atoms with van der Waals surface area (Å²) < 4.78 is 11.0. The molecule has 0 aromatic heterocycles. The summed E-state index contributed by atoms with van der Waals surface area (Å²) >= 11 is 1.75. The van der Waals surface area contributed by atoms with Crippen LogP contribution in [0.4, 0.5) is 0 Å². The Bertz CT molecular complexity index is 409. The number of hydrogen-bond acceptors (Lipinski definition) is 4. The van der Waals surface area contributed by atoms with Gasteiger partial charge in [0, 0.05) is 11.3 Å². The molecule has 0 saturated heterocycles. The van der Waals surface area contributed by atoms with E-state index in [9.17, 15) is 0 Å². The molecule has 4 nitrogen and oxygen atoms in total. The monoisotopic (exact) mass is 252 g/mol. The first-order valence-electron chi connectivity index (χ1n) is 5.61. The first-order valence-corrected chi connectivity index (χ1v) is 6.59. The van der Waals surface area contributed by atoms with E-state index in [-0.39, 0.29) is 5.84 Å². The Hall–Kier alpha value is -1.36. The van der Waals surface area contributed by atoms with Gasteiger partial charge in [-0.25, -0.2) is 0 Å². The van der Waals surface area contributed by atoms with Gasteiger partial charge in [0.25, 0.3) is 0 Å². The molecule has 1 aliphatic heterocycles. The zero-order valence-corrected chi connectivity index (χ0v) is 10.4. The maximum absolute atomic E-state index is 7.13. The molecule has 5 heteroatoms. The zero-order valence-electron chi connectivity index (χ0n) is 9.57. The Kier molecular flexibility index (Phi) is 4.14. The molecule has 1 aromatic rings. The molecule has 2 rings (SSSR count). The molecular weight excluding hydrogens is 236 g/mol. The number of amidine groups is 1. The highest BCUT2D eigenvalue weighted by molar-refractivity contribution is 7.99.